The molecule has 2 heteroatoms. The van der Waals surface area contributed by atoms with Crippen molar-refractivity contribution in [3.8, 4) is 0 Å². The predicted octanol–water partition coefficient (Wildman–Crippen LogP) is 3.84. The Hall–Kier alpha value is -0.860. The second-order valence-electron chi connectivity index (χ2n) is 5.39. The first-order valence-corrected chi connectivity index (χ1v) is 7.69. The van der Waals surface area contributed by atoms with Crippen LogP contribution >= 0.6 is 0 Å². The Bertz CT molecular complexity index is 334. The lowest BCUT2D eigenvalue weighted by atomic mass is 10.0. The molecular formula is C17H29NO. The molecule has 0 fully saturated rings. The van der Waals surface area contributed by atoms with E-state index < -0.39 is 6.10 Å². The number of unbranched alkanes of at least 4 members (excludes halogenated alkanes) is 2. The van der Waals surface area contributed by atoms with Gasteiger partial charge in [-0.05, 0) is 37.4 Å². The number of nitrogens with one attached hydrogen (secondary N) is 1. The summed E-state index contributed by atoms with van der Waals surface area (Å²) in [5, 5.41) is 13.7. The van der Waals surface area contributed by atoms with Crippen LogP contribution in [0.5, 0.6) is 0 Å². The summed E-state index contributed by atoms with van der Waals surface area (Å²) in [4.78, 5) is 0. The van der Waals surface area contributed by atoms with E-state index >= 15 is 0 Å². The molecule has 108 valence electrons. The van der Waals surface area contributed by atoms with E-state index in [1.807, 2.05) is 0 Å². The smallest absolute Gasteiger partial charge is 0.0940 e. The van der Waals surface area contributed by atoms with Crippen molar-refractivity contribution in [1.82, 2.24) is 5.32 Å². The van der Waals surface area contributed by atoms with Gasteiger partial charge in [-0.1, -0.05) is 57.4 Å². The summed E-state index contributed by atoms with van der Waals surface area (Å²) in [6.07, 6.45) is 5.53. The minimum atomic E-state index is -0.419. The fourth-order valence-corrected chi connectivity index (χ4v) is 2.28. The van der Waals surface area contributed by atoms with Crippen LogP contribution in [0.4, 0.5) is 0 Å². The minimum absolute atomic E-state index is 0.105. The molecule has 0 spiro atoms. The van der Waals surface area contributed by atoms with Crippen molar-refractivity contribution in [1.29, 1.82) is 0 Å². The summed E-state index contributed by atoms with van der Waals surface area (Å²) in [7, 11) is 0. The Kier molecular flexibility index (Phi) is 7.76. The molecule has 0 saturated heterocycles. The molecule has 1 rings (SSSR count). The van der Waals surface area contributed by atoms with E-state index in [0.717, 1.165) is 24.9 Å². The maximum Gasteiger partial charge on any atom is 0.0940 e. The summed E-state index contributed by atoms with van der Waals surface area (Å²) < 4.78 is 0. The number of hydrogen-bond donors (Lipinski definition) is 2. The molecule has 1 aromatic carbocycles. The third-order valence-electron chi connectivity index (χ3n) is 3.58. The number of aliphatic hydroxyl groups excluding tert-OH is 1. The summed E-state index contributed by atoms with van der Waals surface area (Å²) in [6.45, 7) is 7.43. The first-order chi connectivity index (χ1) is 9.19. The van der Waals surface area contributed by atoms with Gasteiger partial charge in [0.2, 0.25) is 0 Å². The van der Waals surface area contributed by atoms with Crippen LogP contribution in [0, 0.1) is 0 Å². The molecule has 1 aromatic rings. The highest BCUT2D eigenvalue weighted by Crippen LogP contribution is 2.18. The van der Waals surface area contributed by atoms with E-state index in [9.17, 15) is 5.11 Å². The molecule has 0 aliphatic heterocycles. The summed E-state index contributed by atoms with van der Waals surface area (Å²) in [6, 6.07) is 8.48. The van der Waals surface area contributed by atoms with E-state index in [0.29, 0.717) is 0 Å². The van der Waals surface area contributed by atoms with Gasteiger partial charge >= 0.3 is 0 Å². The zero-order valence-electron chi connectivity index (χ0n) is 12.7. The molecule has 2 unspecified atom stereocenters. The highest BCUT2D eigenvalue weighted by Gasteiger charge is 2.15. The molecule has 2 nitrogen and oxygen atoms in total. The van der Waals surface area contributed by atoms with Crippen LogP contribution in [0.1, 0.15) is 63.7 Å². The van der Waals surface area contributed by atoms with Gasteiger partial charge in [-0.3, -0.25) is 0 Å². The van der Waals surface area contributed by atoms with Gasteiger partial charge in [-0.15, -0.1) is 0 Å². The monoisotopic (exact) mass is 263 g/mol. The quantitative estimate of drug-likeness (QED) is 0.663. The lowest BCUT2D eigenvalue weighted by Crippen LogP contribution is -2.32. The molecule has 0 radical (unpaired) electrons. The maximum atomic E-state index is 10.3. The average molecular weight is 263 g/mol. The first-order valence-electron chi connectivity index (χ1n) is 7.69. The maximum absolute atomic E-state index is 10.3. The van der Waals surface area contributed by atoms with E-state index in [1.165, 1.54) is 24.8 Å². The van der Waals surface area contributed by atoms with Crippen LogP contribution in [0.2, 0.25) is 0 Å². The van der Waals surface area contributed by atoms with Crippen LogP contribution in [0.15, 0.2) is 24.3 Å². The Morgan fingerprint density at radius 1 is 1.05 bits per heavy atom. The number of aliphatic hydroxyl groups is 1. The average Bonchev–Trinajstić information content (AvgIpc) is 2.44. The van der Waals surface area contributed by atoms with E-state index in [2.05, 4.69) is 50.4 Å². The lowest BCUT2D eigenvalue weighted by molar-refractivity contribution is 0.136. The van der Waals surface area contributed by atoms with Gasteiger partial charge in [0, 0.05) is 6.04 Å². The van der Waals surface area contributed by atoms with Crippen molar-refractivity contribution < 1.29 is 5.11 Å². The van der Waals surface area contributed by atoms with Crippen molar-refractivity contribution >= 4 is 0 Å². The lowest BCUT2D eigenvalue weighted by Gasteiger charge is -2.21. The fourth-order valence-electron chi connectivity index (χ4n) is 2.28. The minimum Gasteiger partial charge on any atom is -0.387 e. The fraction of sp³-hybridized carbons (Fsp3) is 0.647. The summed E-state index contributed by atoms with van der Waals surface area (Å²) >= 11 is 0. The van der Waals surface area contributed by atoms with Gasteiger partial charge in [0.15, 0.2) is 0 Å². The third kappa shape index (κ3) is 5.75. The Morgan fingerprint density at radius 3 is 2.32 bits per heavy atom. The van der Waals surface area contributed by atoms with Gasteiger partial charge in [-0.2, -0.15) is 0 Å². The van der Waals surface area contributed by atoms with Crippen LogP contribution in [0.3, 0.4) is 0 Å². The molecule has 19 heavy (non-hydrogen) atoms. The van der Waals surface area contributed by atoms with Gasteiger partial charge in [0.1, 0.15) is 0 Å². The van der Waals surface area contributed by atoms with Crippen molar-refractivity contribution in [2.75, 3.05) is 6.54 Å². The standard InChI is InChI=1S/C17H29NO/c1-4-6-7-13-18-14(3)17(19)16-11-9-15(8-5-2)10-12-16/h9-12,14,17-19H,4-8,13H2,1-3H3. The molecule has 0 amide bonds. The molecule has 0 saturated carbocycles. The number of aryl methyl sites for hydroxylation is 1. The molecule has 2 N–H and O–H groups in total. The highest BCUT2D eigenvalue weighted by atomic mass is 16.3. The van der Waals surface area contributed by atoms with Crippen molar-refractivity contribution in [3.05, 3.63) is 35.4 Å². The third-order valence-corrected chi connectivity index (χ3v) is 3.58. The van der Waals surface area contributed by atoms with Crippen LogP contribution in [0.25, 0.3) is 0 Å². The predicted molar refractivity (Wildman–Crippen MR) is 82.4 cm³/mol. The molecular weight excluding hydrogens is 234 g/mol. The van der Waals surface area contributed by atoms with Gasteiger partial charge in [-0.25, -0.2) is 0 Å². The van der Waals surface area contributed by atoms with E-state index in [1.54, 1.807) is 0 Å². The molecule has 0 aliphatic carbocycles. The Balaban J connectivity index is 2.44. The number of rotatable bonds is 9. The summed E-state index contributed by atoms with van der Waals surface area (Å²) in [5.74, 6) is 0. The van der Waals surface area contributed by atoms with Gasteiger partial charge in [0.25, 0.3) is 0 Å². The van der Waals surface area contributed by atoms with Crippen LogP contribution < -0.4 is 5.32 Å². The summed E-state index contributed by atoms with van der Waals surface area (Å²) in [5.41, 5.74) is 2.36. The zero-order valence-corrected chi connectivity index (χ0v) is 12.7. The molecule has 0 aromatic heterocycles. The second-order valence-corrected chi connectivity index (χ2v) is 5.39. The van der Waals surface area contributed by atoms with Gasteiger partial charge < -0.3 is 10.4 Å². The Morgan fingerprint density at radius 2 is 1.74 bits per heavy atom. The SMILES string of the molecule is CCCCCNC(C)C(O)c1ccc(CCC)cc1. The van der Waals surface area contributed by atoms with Crippen molar-refractivity contribution in [2.45, 2.75) is 65.0 Å². The molecule has 0 heterocycles. The largest absolute Gasteiger partial charge is 0.387 e. The molecule has 2 atom stereocenters. The molecule has 0 bridgehead atoms. The van der Waals surface area contributed by atoms with Crippen molar-refractivity contribution in [3.63, 3.8) is 0 Å². The van der Waals surface area contributed by atoms with Gasteiger partial charge in [0.05, 0.1) is 6.10 Å². The number of hydrogen-bond acceptors (Lipinski definition) is 2. The second kappa shape index (κ2) is 9.11. The van der Waals surface area contributed by atoms with Crippen molar-refractivity contribution in [2.24, 2.45) is 0 Å². The zero-order chi connectivity index (χ0) is 14.1. The number of benzene rings is 1. The first kappa shape index (κ1) is 16.2. The highest BCUT2D eigenvalue weighted by molar-refractivity contribution is 5.25. The normalized spacial score (nSPS) is 14.3. The Labute approximate surface area is 118 Å². The van der Waals surface area contributed by atoms with E-state index in [-0.39, 0.29) is 6.04 Å². The van der Waals surface area contributed by atoms with Crippen LogP contribution in [-0.2, 0) is 6.42 Å². The topological polar surface area (TPSA) is 32.3 Å². The molecule has 0 aliphatic rings. The van der Waals surface area contributed by atoms with E-state index in [4.69, 9.17) is 0 Å². The van der Waals surface area contributed by atoms with Crippen LogP contribution in [-0.4, -0.2) is 17.7 Å².